The third-order valence-corrected chi connectivity index (χ3v) is 0. The molecule has 0 saturated heterocycles. The molecule has 0 fully saturated rings. The van der Waals surface area contributed by atoms with Gasteiger partial charge in [0.15, 0.2) is 17.4 Å². The first-order valence-electron chi connectivity index (χ1n) is 0.494. The predicted octanol–water partition coefficient (Wildman–Crippen LogP) is -3.07. The Hall–Kier alpha value is 0.625. The van der Waals surface area contributed by atoms with Crippen molar-refractivity contribution in [2.24, 2.45) is 0 Å². The maximum absolute atomic E-state index is 8.57. The Morgan fingerprint density at radius 1 is 1.60 bits per heavy atom. The van der Waals surface area contributed by atoms with E-state index in [0.29, 0.717) is 0 Å². The van der Waals surface area contributed by atoms with Gasteiger partial charge in [0.25, 0.3) is 0 Å². The maximum atomic E-state index is 8.57. The van der Waals surface area contributed by atoms with Gasteiger partial charge in [0.1, 0.15) is 0 Å². The summed E-state index contributed by atoms with van der Waals surface area (Å²) in [6.07, 6.45) is 0. The normalized spacial score (nSPS) is 1.60. The number of rotatable bonds is 0. The molecule has 0 aromatic heterocycles. The first-order valence-corrected chi connectivity index (χ1v) is 1.48. The van der Waals surface area contributed by atoms with Crippen molar-refractivity contribution in [2.75, 3.05) is 0 Å². The molecule has 0 unspecified atom stereocenters. The molecule has 0 aromatic carbocycles. The van der Waals surface area contributed by atoms with E-state index in [-0.39, 0.29) is 22.8 Å². The molecule has 30 valence electrons. The second-order valence-corrected chi connectivity index (χ2v) is 0.316. The fourth-order valence-electron chi connectivity index (χ4n) is 0. The van der Waals surface area contributed by atoms with Gasteiger partial charge in [-0.15, -0.1) is 0 Å². The Balaban J connectivity index is -0.0000000200. The fourth-order valence-corrected chi connectivity index (χ4v) is 0. The van der Waals surface area contributed by atoms with Gasteiger partial charge in [-0.1, -0.05) is 0 Å². The van der Waals surface area contributed by atoms with Crippen molar-refractivity contribution in [1.82, 2.24) is 0 Å². The van der Waals surface area contributed by atoms with Gasteiger partial charge < -0.3 is 5.48 Å². The molecule has 0 atom stereocenters. The van der Waals surface area contributed by atoms with Gasteiger partial charge in [-0.05, 0) is 0 Å². The number of hydrogen-bond acceptors (Lipinski definition) is 1. The van der Waals surface area contributed by atoms with E-state index in [0.717, 1.165) is 0 Å². The van der Waals surface area contributed by atoms with Crippen LogP contribution in [0.15, 0.2) is 0 Å². The summed E-state index contributed by atoms with van der Waals surface area (Å²) in [5.74, 6) is 0. The average molecular weight is 108 g/mol. The molecule has 0 amide bonds. The second kappa shape index (κ2) is 23.0. The summed E-state index contributed by atoms with van der Waals surface area (Å²) in [7, 11) is 0. The third-order valence-electron chi connectivity index (χ3n) is 0. The Morgan fingerprint density at radius 2 is 1.60 bits per heavy atom. The molecular formula is H6Al2O3. The minimum absolute atomic E-state index is 0. The molecule has 0 aromatic rings. The van der Waals surface area contributed by atoms with Gasteiger partial charge in [0.05, 0.1) is 0 Å². The monoisotopic (exact) mass is 108 g/mol. The van der Waals surface area contributed by atoms with Gasteiger partial charge >= 0.3 is 23.4 Å². The van der Waals surface area contributed by atoms with Gasteiger partial charge in [-0.25, -0.2) is 0 Å². The van der Waals surface area contributed by atoms with Crippen LogP contribution in [-0.4, -0.2) is 42.5 Å². The van der Waals surface area contributed by atoms with Crippen molar-refractivity contribution in [1.29, 1.82) is 0 Å². The van der Waals surface area contributed by atoms with Crippen LogP contribution in [-0.2, 0) is 3.80 Å². The van der Waals surface area contributed by atoms with Gasteiger partial charge in [-0.3, -0.25) is 0 Å². The Labute approximate surface area is 46.7 Å². The summed E-state index contributed by atoms with van der Waals surface area (Å²) >= 11 is -1.50. The van der Waals surface area contributed by atoms with Crippen molar-refractivity contribution < 1.29 is 13.4 Å². The van der Waals surface area contributed by atoms with E-state index in [9.17, 15) is 0 Å². The summed E-state index contributed by atoms with van der Waals surface area (Å²) < 4.78 is 15.7. The van der Waals surface area contributed by atoms with Crippen LogP contribution in [0.1, 0.15) is 0 Å². The SMILES string of the molecule is O.[AlH3].[O]=[Al][OH]. The summed E-state index contributed by atoms with van der Waals surface area (Å²) in [5, 5.41) is 0. The first-order chi connectivity index (χ1) is 1.41. The van der Waals surface area contributed by atoms with Crippen LogP contribution >= 0.6 is 0 Å². The van der Waals surface area contributed by atoms with Crippen LogP contribution in [0, 0.1) is 0 Å². The van der Waals surface area contributed by atoms with Crippen molar-refractivity contribution >= 4 is 32.8 Å². The summed E-state index contributed by atoms with van der Waals surface area (Å²) in [4.78, 5) is 0. The van der Waals surface area contributed by atoms with Crippen LogP contribution in [0.25, 0.3) is 0 Å². The van der Waals surface area contributed by atoms with Gasteiger partial charge in [0.2, 0.25) is 0 Å². The molecule has 3 N–H and O–H groups in total. The molecule has 5 heavy (non-hydrogen) atoms. The van der Waals surface area contributed by atoms with Crippen LogP contribution in [0.4, 0.5) is 0 Å². The molecule has 0 aliphatic carbocycles. The molecule has 0 rings (SSSR count). The zero-order valence-corrected chi connectivity index (χ0v) is 3.09. The van der Waals surface area contributed by atoms with E-state index in [1.54, 1.807) is 0 Å². The molecule has 0 heterocycles. The standard InChI is InChI=1S/2Al.2H2O.O.3H/h;;2*1H2;;;;/q;+1;;;;;;/p-1. The van der Waals surface area contributed by atoms with Crippen molar-refractivity contribution in [2.45, 2.75) is 0 Å². The molecular weight excluding hydrogens is 102 g/mol. The molecule has 0 bridgehead atoms. The quantitative estimate of drug-likeness (QED) is 0.334. The van der Waals surface area contributed by atoms with Crippen LogP contribution < -0.4 is 0 Å². The van der Waals surface area contributed by atoms with Crippen LogP contribution in [0.5, 0.6) is 0 Å². The predicted molar refractivity (Wildman–Crippen MR) is 22.2 cm³/mol. The first kappa shape index (κ1) is 17.5. The van der Waals surface area contributed by atoms with Crippen molar-refractivity contribution in [3.63, 3.8) is 0 Å². The van der Waals surface area contributed by atoms with E-state index < -0.39 is 15.5 Å². The van der Waals surface area contributed by atoms with E-state index in [1.807, 2.05) is 0 Å². The van der Waals surface area contributed by atoms with E-state index in [2.05, 4.69) is 0 Å². The summed E-state index contributed by atoms with van der Waals surface area (Å²) in [6.45, 7) is 0. The second-order valence-electron chi connectivity index (χ2n) is 0.105. The molecule has 5 heteroatoms. The molecule has 0 aliphatic rings. The zero-order valence-electron chi connectivity index (χ0n) is 1.93. The van der Waals surface area contributed by atoms with E-state index >= 15 is 0 Å². The molecule has 0 saturated carbocycles. The summed E-state index contributed by atoms with van der Waals surface area (Å²) in [6, 6.07) is 0. The fraction of sp³-hybridized carbons (Fsp3) is 0. The Kier molecular flexibility index (Phi) is 80.4. The molecule has 0 spiro atoms. The molecule has 0 aliphatic heterocycles. The Morgan fingerprint density at radius 3 is 1.60 bits per heavy atom. The van der Waals surface area contributed by atoms with E-state index in [4.69, 9.17) is 7.96 Å². The average Bonchev–Trinajstić information content (AvgIpc) is 0.918. The summed E-state index contributed by atoms with van der Waals surface area (Å²) in [5.41, 5.74) is 0. The third kappa shape index (κ3) is 81.6. The van der Waals surface area contributed by atoms with E-state index in [1.165, 1.54) is 0 Å². The molecule has 0 radical (unpaired) electrons. The van der Waals surface area contributed by atoms with Gasteiger partial charge in [-0.2, -0.15) is 0 Å². The topological polar surface area (TPSA) is 68.8 Å². The Bertz CT molecular complexity index is 12.4. The number of hydrogen-bond donors (Lipinski definition) is 1. The van der Waals surface area contributed by atoms with Crippen molar-refractivity contribution in [3.8, 4) is 0 Å². The van der Waals surface area contributed by atoms with Gasteiger partial charge in [0, 0.05) is 0 Å². The van der Waals surface area contributed by atoms with Crippen LogP contribution in [0.2, 0.25) is 0 Å². The molecule has 3 nitrogen and oxygen atoms in total. The van der Waals surface area contributed by atoms with Crippen molar-refractivity contribution in [3.05, 3.63) is 0 Å². The van der Waals surface area contributed by atoms with Crippen LogP contribution in [0.3, 0.4) is 0 Å². The minimum atomic E-state index is -1.50. The zero-order chi connectivity index (χ0) is 2.71.